The number of carbonyl (C=O) groups excluding carboxylic acids is 1. The molecule has 0 aliphatic rings. The number of nitrogens with zero attached hydrogens (tertiary/aromatic N) is 2. The van der Waals surface area contributed by atoms with Crippen LogP contribution in [0.2, 0.25) is 0 Å². The van der Waals surface area contributed by atoms with E-state index >= 15 is 0 Å². The van der Waals surface area contributed by atoms with Crippen LogP contribution in [0.1, 0.15) is 24.5 Å². The van der Waals surface area contributed by atoms with E-state index in [-0.39, 0.29) is 29.9 Å². The Kier molecular flexibility index (Phi) is 12.0. The molecule has 1 aromatic carbocycles. The van der Waals surface area contributed by atoms with E-state index in [0.29, 0.717) is 13.0 Å². The maximum atomic E-state index is 11.6. The second kappa shape index (κ2) is 12.8. The third kappa shape index (κ3) is 8.94. The molecule has 0 aliphatic heterocycles. The van der Waals surface area contributed by atoms with Gasteiger partial charge in [-0.05, 0) is 31.9 Å². The largest absolute Gasteiger partial charge is 0.496 e. The van der Waals surface area contributed by atoms with Gasteiger partial charge in [0.05, 0.1) is 13.7 Å². The van der Waals surface area contributed by atoms with Crippen LogP contribution < -0.4 is 15.4 Å². The minimum absolute atomic E-state index is 0. The number of guanidine groups is 1. The standard InChI is InChI=1S/C18H30N4O2.HI/c1-6-19-18(21-12-10-17(23)22(3)4)20-11-9-15-13-14(2)7-8-16(15)24-5;/h7-8,13H,6,9-12H2,1-5H3,(H2,19,20,21);1H. The predicted molar refractivity (Wildman–Crippen MR) is 114 cm³/mol. The van der Waals surface area contributed by atoms with Crippen molar-refractivity contribution >= 4 is 35.8 Å². The summed E-state index contributed by atoms with van der Waals surface area (Å²) >= 11 is 0. The summed E-state index contributed by atoms with van der Waals surface area (Å²) in [5, 5.41) is 6.50. The van der Waals surface area contributed by atoms with Gasteiger partial charge in [0.2, 0.25) is 5.91 Å². The molecule has 0 aliphatic carbocycles. The highest BCUT2D eigenvalue weighted by atomic mass is 127. The molecule has 1 aromatic rings. The fourth-order valence-corrected chi connectivity index (χ4v) is 2.25. The topological polar surface area (TPSA) is 66.0 Å². The molecule has 0 aromatic heterocycles. The smallest absolute Gasteiger partial charge is 0.223 e. The zero-order chi connectivity index (χ0) is 17.9. The highest BCUT2D eigenvalue weighted by molar-refractivity contribution is 14.0. The van der Waals surface area contributed by atoms with E-state index in [1.807, 2.05) is 19.1 Å². The number of halogens is 1. The normalized spacial score (nSPS) is 10.7. The van der Waals surface area contributed by atoms with Crippen molar-refractivity contribution in [3.05, 3.63) is 29.3 Å². The molecule has 0 bridgehead atoms. The van der Waals surface area contributed by atoms with Crippen LogP contribution >= 0.6 is 24.0 Å². The Balaban J connectivity index is 0.00000576. The van der Waals surface area contributed by atoms with Crippen molar-refractivity contribution < 1.29 is 9.53 Å². The van der Waals surface area contributed by atoms with E-state index < -0.39 is 0 Å². The van der Waals surface area contributed by atoms with Gasteiger partial charge in [-0.25, -0.2) is 0 Å². The van der Waals surface area contributed by atoms with Gasteiger partial charge in [-0.2, -0.15) is 0 Å². The molecule has 0 saturated heterocycles. The second-order valence-corrected chi connectivity index (χ2v) is 5.79. The molecule has 0 unspecified atom stereocenters. The molecule has 7 heteroatoms. The monoisotopic (exact) mass is 462 g/mol. The third-order valence-corrected chi connectivity index (χ3v) is 3.56. The van der Waals surface area contributed by atoms with Crippen LogP contribution in [0.15, 0.2) is 23.2 Å². The van der Waals surface area contributed by atoms with Gasteiger partial charge in [0.25, 0.3) is 0 Å². The molecule has 0 atom stereocenters. The zero-order valence-corrected chi connectivity index (χ0v) is 18.2. The zero-order valence-electron chi connectivity index (χ0n) is 15.9. The fourth-order valence-electron chi connectivity index (χ4n) is 2.25. The number of ether oxygens (including phenoxy) is 1. The predicted octanol–water partition coefficient (Wildman–Crippen LogP) is 2.20. The minimum Gasteiger partial charge on any atom is -0.496 e. The first-order chi connectivity index (χ1) is 11.5. The average Bonchev–Trinajstić information content (AvgIpc) is 2.54. The molecule has 1 amide bonds. The van der Waals surface area contributed by atoms with E-state index in [1.165, 1.54) is 11.1 Å². The van der Waals surface area contributed by atoms with Crippen LogP contribution in [0.3, 0.4) is 0 Å². The number of hydrogen-bond donors (Lipinski definition) is 2. The van der Waals surface area contributed by atoms with Crippen LogP contribution in [0, 0.1) is 6.92 Å². The Labute approximate surface area is 168 Å². The number of hydrogen-bond acceptors (Lipinski definition) is 3. The number of aryl methyl sites for hydroxylation is 1. The molecule has 0 spiro atoms. The lowest BCUT2D eigenvalue weighted by Gasteiger charge is -2.13. The molecule has 2 N–H and O–H groups in total. The molecule has 0 saturated carbocycles. The molecule has 1 rings (SSSR count). The summed E-state index contributed by atoms with van der Waals surface area (Å²) in [4.78, 5) is 17.6. The van der Waals surface area contributed by atoms with Crippen molar-refractivity contribution in [1.29, 1.82) is 0 Å². The number of benzene rings is 1. The summed E-state index contributed by atoms with van der Waals surface area (Å²) in [5.74, 6) is 1.72. The van der Waals surface area contributed by atoms with E-state index in [2.05, 4.69) is 28.6 Å². The van der Waals surface area contributed by atoms with Crippen LogP contribution in [-0.2, 0) is 11.2 Å². The fraction of sp³-hybridized carbons (Fsp3) is 0.556. The highest BCUT2D eigenvalue weighted by Crippen LogP contribution is 2.19. The van der Waals surface area contributed by atoms with Gasteiger partial charge in [0.15, 0.2) is 5.96 Å². The van der Waals surface area contributed by atoms with Crippen LogP contribution in [0.25, 0.3) is 0 Å². The maximum absolute atomic E-state index is 11.6. The van der Waals surface area contributed by atoms with Crippen LogP contribution in [0.5, 0.6) is 5.75 Å². The van der Waals surface area contributed by atoms with E-state index in [1.54, 1.807) is 26.1 Å². The van der Waals surface area contributed by atoms with Crippen LogP contribution in [-0.4, -0.2) is 57.6 Å². The molecule has 6 nitrogen and oxygen atoms in total. The van der Waals surface area contributed by atoms with Gasteiger partial charge in [-0.3, -0.25) is 9.79 Å². The number of rotatable bonds is 8. The first-order valence-corrected chi connectivity index (χ1v) is 8.33. The van der Waals surface area contributed by atoms with Crippen molar-refractivity contribution in [3.8, 4) is 5.75 Å². The number of methoxy groups -OCH3 is 1. The van der Waals surface area contributed by atoms with Gasteiger partial charge in [0.1, 0.15) is 5.75 Å². The Bertz CT molecular complexity index is 562. The lowest BCUT2D eigenvalue weighted by molar-refractivity contribution is -0.128. The minimum atomic E-state index is 0. The summed E-state index contributed by atoms with van der Waals surface area (Å²) in [7, 11) is 5.20. The molecular formula is C18H31IN4O2. The molecule has 0 heterocycles. The quantitative estimate of drug-likeness (QED) is 0.353. The SMILES string of the molecule is CCNC(=NCCC(=O)N(C)C)NCCc1cc(C)ccc1OC.I. The third-order valence-electron chi connectivity index (χ3n) is 3.56. The van der Waals surface area contributed by atoms with Gasteiger partial charge < -0.3 is 20.3 Å². The number of nitrogens with one attached hydrogen (secondary N) is 2. The van der Waals surface area contributed by atoms with Gasteiger partial charge in [0, 0.05) is 33.6 Å². The Morgan fingerprint density at radius 2 is 2.00 bits per heavy atom. The summed E-state index contributed by atoms with van der Waals surface area (Å²) in [5.41, 5.74) is 2.39. The van der Waals surface area contributed by atoms with E-state index in [9.17, 15) is 4.79 Å². The average molecular weight is 462 g/mol. The molecule has 25 heavy (non-hydrogen) atoms. The van der Waals surface area contributed by atoms with Crippen molar-refractivity contribution in [1.82, 2.24) is 15.5 Å². The molecule has 142 valence electrons. The first-order valence-electron chi connectivity index (χ1n) is 8.33. The molecular weight excluding hydrogens is 431 g/mol. The van der Waals surface area contributed by atoms with Crippen LogP contribution in [0.4, 0.5) is 0 Å². The summed E-state index contributed by atoms with van der Waals surface area (Å²) < 4.78 is 5.40. The second-order valence-electron chi connectivity index (χ2n) is 5.79. The van der Waals surface area contributed by atoms with Gasteiger partial charge >= 0.3 is 0 Å². The maximum Gasteiger partial charge on any atom is 0.223 e. The Morgan fingerprint density at radius 1 is 1.28 bits per heavy atom. The van der Waals surface area contributed by atoms with E-state index in [4.69, 9.17) is 4.74 Å². The number of carbonyl (C=O) groups is 1. The Hall–Kier alpha value is -1.51. The van der Waals surface area contributed by atoms with Crippen molar-refractivity contribution in [2.75, 3.05) is 40.8 Å². The lowest BCUT2D eigenvalue weighted by Crippen LogP contribution is -2.38. The summed E-state index contributed by atoms with van der Waals surface area (Å²) in [6.45, 7) is 6.09. The van der Waals surface area contributed by atoms with E-state index in [0.717, 1.165) is 31.2 Å². The summed E-state index contributed by atoms with van der Waals surface area (Å²) in [6, 6.07) is 6.18. The van der Waals surface area contributed by atoms with Crippen molar-refractivity contribution in [3.63, 3.8) is 0 Å². The molecule has 0 radical (unpaired) electrons. The molecule has 0 fully saturated rings. The lowest BCUT2D eigenvalue weighted by atomic mass is 10.1. The highest BCUT2D eigenvalue weighted by Gasteiger charge is 2.05. The van der Waals surface area contributed by atoms with Crippen molar-refractivity contribution in [2.45, 2.75) is 26.7 Å². The number of amides is 1. The number of aliphatic imine (C=N–C) groups is 1. The summed E-state index contributed by atoms with van der Waals surface area (Å²) in [6.07, 6.45) is 1.25. The van der Waals surface area contributed by atoms with Gasteiger partial charge in [-0.15, -0.1) is 24.0 Å². The first kappa shape index (κ1) is 23.5. The van der Waals surface area contributed by atoms with Gasteiger partial charge in [-0.1, -0.05) is 17.7 Å². The Morgan fingerprint density at radius 3 is 2.60 bits per heavy atom. The van der Waals surface area contributed by atoms with Crippen molar-refractivity contribution in [2.24, 2.45) is 4.99 Å².